The summed E-state index contributed by atoms with van der Waals surface area (Å²) in [5.41, 5.74) is 0.424. The highest BCUT2D eigenvalue weighted by molar-refractivity contribution is 6.00. The first-order chi connectivity index (χ1) is 12.6. The number of benzene rings is 1. The maximum absolute atomic E-state index is 12.8. The monoisotopic (exact) mass is 352 g/mol. The number of rotatable bonds is 3. The van der Waals surface area contributed by atoms with Gasteiger partial charge in [0.05, 0.1) is 24.1 Å². The molecule has 2 aliphatic rings. The Bertz CT molecular complexity index is 852. The zero-order valence-corrected chi connectivity index (χ0v) is 14.6. The van der Waals surface area contributed by atoms with Crippen molar-refractivity contribution in [3.05, 3.63) is 47.8 Å². The smallest absolute Gasteiger partial charge is 0.257 e. The first kappa shape index (κ1) is 16.5. The van der Waals surface area contributed by atoms with Crippen molar-refractivity contribution in [3.8, 4) is 5.75 Å². The van der Waals surface area contributed by atoms with Gasteiger partial charge in [0.15, 0.2) is 5.78 Å². The molecule has 1 aromatic heterocycles. The number of ether oxygens (including phenoxy) is 1. The second kappa shape index (κ2) is 6.40. The fraction of sp³-hybridized carbons (Fsp3) is 0.368. The van der Waals surface area contributed by atoms with Crippen LogP contribution in [0.3, 0.4) is 0 Å². The molecular weight excluding hydrogens is 332 g/mol. The van der Waals surface area contributed by atoms with Crippen LogP contribution in [0, 0.1) is 0 Å². The highest BCUT2D eigenvalue weighted by atomic mass is 16.5. The van der Waals surface area contributed by atoms with Crippen LogP contribution in [0.5, 0.6) is 5.75 Å². The van der Waals surface area contributed by atoms with E-state index in [1.807, 2.05) is 25.1 Å². The van der Waals surface area contributed by atoms with E-state index in [-0.39, 0.29) is 11.7 Å². The maximum Gasteiger partial charge on any atom is 0.257 e. The van der Waals surface area contributed by atoms with Crippen LogP contribution >= 0.6 is 0 Å². The van der Waals surface area contributed by atoms with E-state index in [4.69, 9.17) is 4.74 Å². The van der Waals surface area contributed by atoms with Crippen molar-refractivity contribution in [2.75, 3.05) is 25.0 Å². The number of carbonyl (C=O) groups excluding carboxylic acids is 2. The van der Waals surface area contributed by atoms with E-state index < -0.39 is 5.60 Å². The molecule has 1 saturated heterocycles. The first-order valence-electron chi connectivity index (χ1n) is 8.77. The third kappa shape index (κ3) is 2.89. The second-order valence-corrected chi connectivity index (χ2v) is 6.68. The number of aromatic nitrogens is 2. The van der Waals surface area contributed by atoms with Crippen LogP contribution in [0.25, 0.3) is 0 Å². The molecule has 1 N–H and O–H groups in total. The molecule has 26 heavy (non-hydrogen) atoms. The Balaban J connectivity index is 1.50. The van der Waals surface area contributed by atoms with Crippen molar-refractivity contribution < 1.29 is 14.3 Å². The van der Waals surface area contributed by atoms with Gasteiger partial charge in [0.1, 0.15) is 11.4 Å². The molecule has 7 heteroatoms. The summed E-state index contributed by atoms with van der Waals surface area (Å²) < 4.78 is 6.16. The van der Waals surface area contributed by atoms with Gasteiger partial charge in [0, 0.05) is 31.9 Å². The van der Waals surface area contributed by atoms with Crippen molar-refractivity contribution in [2.45, 2.75) is 25.4 Å². The number of hydrogen-bond donors (Lipinski definition) is 1. The third-order valence-corrected chi connectivity index (χ3v) is 4.83. The molecule has 0 bridgehead atoms. The topological polar surface area (TPSA) is 84.4 Å². The lowest BCUT2D eigenvalue weighted by molar-refractivity contribution is 0.0428. The molecule has 0 aliphatic carbocycles. The third-order valence-electron chi connectivity index (χ3n) is 4.83. The van der Waals surface area contributed by atoms with Crippen LogP contribution < -0.4 is 10.1 Å². The Hall–Kier alpha value is -2.96. The van der Waals surface area contributed by atoms with Crippen molar-refractivity contribution in [1.29, 1.82) is 0 Å². The van der Waals surface area contributed by atoms with Gasteiger partial charge in [-0.3, -0.25) is 9.59 Å². The summed E-state index contributed by atoms with van der Waals surface area (Å²) in [6, 6.07) is 7.28. The molecule has 0 saturated carbocycles. The van der Waals surface area contributed by atoms with Crippen LogP contribution in [0.2, 0.25) is 0 Å². The number of Topliss-reactive ketones (excluding diaryl/α,β-unsaturated/α-hetero) is 1. The average Bonchev–Trinajstić information content (AvgIpc) is 3.05. The minimum Gasteiger partial charge on any atom is -0.484 e. The number of amides is 1. The van der Waals surface area contributed by atoms with Gasteiger partial charge < -0.3 is 15.0 Å². The van der Waals surface area contributed by atoms with E-state index >= 15 is 0 Å². The summed E-state index contributed by atoms with van der Waals surface area (Å²) in [4.78, 5) is 35.3. The lowest BCUT2D eigenvalue weighted by Crippen LogP contribution is -2.45. The van der Waals surface area contributed by atoms with Crippen LogP contribution in [-0.4, -0.2) is 51.8 Å². The van der Waals surface area contributed by atoms with Gasteiger partial charge in [-0.1, -0.05) is 12.1 Å². The van der Waals surface area contributed by atoms with E-state index in [1.54, 1.807) is 11.0 Å². The Kier molecular flexibility index (Phi) is 4.06. The van der Waals surface area contributed by atoms with E-state index in [0.29, 0.717) is 48.8 Å². The van der Waals surface area contributed by atoms with Crippen molar-refractivity contribution in [2.24, 2.45) is 0 Å². The standard InChI is InChI=1S/C19H20N4O3/c1-2-20-18-21-10-13(11-22-18)17(25)23-8-7-19(12-23)9-15(24)14-5-3-4-6-16(14)26-19/h3-6,10-11H,2,7-9,12H2,1H3,(H,20,21,22). The number of hydrogen-bond acceptors (Lipinski definition) is 6. The lowest BCUT2D eigenvalue weighted by Gasteiger charge is -2.34. The first-order valence-corrected chi connectivity index (χ1v) is 8.77. The summed E-state index contributed by atoms with van der Waals surface area (Å²) in [5.74, 6) is 1.04. The number of ketones is 1. The van der Waals surface area contributed by atoms with Gasteiger partial charge in [-0.25, -0.2) is 9.97 Å². The molecule has 1 aromatic carbocycles. The quantitative estimate of drug-likeness (QED) is 0.911. The summed E-state index contributed by atoms with van der Waals surface area (Å²) in [5, 5.41) is 3.00. The molecule has 134 valence electrons. The molecule has 2 aromatic rings. The van der Waals surface area contributed by atoms with Gasteiger partial charge in [0.25, 0.3) is 5.91 Å². The molecule has 2 aliphatic heterocycles. The van der Waals surface area contributed by atoms with Crippen LogP contribution in [-0.2, 0) is 0 Å². The average molecular weight is 352 g/mol. The molecule has 1 fully saturated rings. The number of fused-ring (bicyclic) bond motifs is 1. The number of anilines is 1. The zero-order chi connectivity index (χ0) is 18.1. The van der Waals surface area contributed by atoms with E-state index in [0.717, 1.165) is 6.54 Å². The Morgan fingerprint density at radius 3 is 2.85 bits per heavy atom. The van der Waals surface area contributed by atoms with Crippen molar-refractivity contribution in [3.63, 3.8) is 0 Å². The minimum atomic E-state index is -0.633. The Morgan fingerprint density at radius 2 is 2.08 bits per heavy atom. The Morgan fingerprint density at radius 1 is 1.31 bits per heavy atom. The van der Waals surface area contributed by atoms with Gasteiger partial charge in [0.2, 0.25) is 5.95 Å². The summed E-state index contributed by atoms with van der Waals surface area (Å²) >= 11 is 0. The molecule has 1 atom stereocenters. The fourth-order valence-corrected chi connectivity index (χ4v) is 3.56. The van der Waals surface area contributed by atoms with Gasteiger partial charge >= 0.3 is 0 Å². The van der Waals surface area contributed by atoms with Gasteiger partial charge in [-0.15, -0.1) is 0 Å². The SMILES string of the molecule is CCNc1ncc(C(=O)N2CCC3(CC(=O)c4ccccc4O3)C2)cn1. The Labute approximate surface area is 151 Å². The normalized spacial score (nSPS) is 21.4. The number of carbonyl (C=O) groups is 2. The largest absolute Gasteiger partial charge is 0.484 e. The van der Waals surface area contributed by atoms with E-state index in [2.05, 4.69) is 15.3 Å². The molecule has 1 unspecified atom stereocenters. The number of likely N-dealkylation sites (tertiary alicyclic amines) is 1. The van der Waals surface area contributed by atoms with Crippen LogP contribution in [0.4, 0.5) is 5.95 Å². The highest BCUT2D eigenvalue weighted by Crippen LogP contribution is 2.38. The lowest BCUT2D eigenvalue weighted by atomic mass is 9.89. The van der Waals surface area contributed by atoms with Crippen molar-refractivity contribution >= 4 is 17.6 Å². The van der Waals surface area contributed by atoms with Crippen molar-refractivity contribution in [1.82, 2.24) is 14.9 Å². The summed E-state index contributed by atoms with van der Waals surface area (Å²) in [6.45, 7) is 3.61. The maximum atomic E-state index is 12.8. The van der Waals surface area contributed by atoms with E-state index in [1.165, 1.54) is 12.4 Å². The van der Waals surface area contributed by atoms with E-state index in [9.17, 15) is 9.59 Å². The summed E-state index contributed by atoms with van der Waals surface area (Å²) in [6.07, 6.45) is 3.99. The minimum absolute atomic E-state index is 0.0690. The molecular formula is C19H20N4O3. The molecule has 1 amide bonds. The number of para-hydroxylation sites is 1. The predicted molar refractivity (Wildman–Crippen MR) is 95.5 cm³/mol. The molecule has 0 radical (unpaired) electrons. The number of nitrogens with zero attached hydrogens (tertiary/aromatic N) is 3. The zero-order valence-electron chi connectivity index (χ0n) is 14.6. The predicted octanol–water partition coefficient (Wildman–Crippen LogP) is 2.16. The van der Waals surface area contributed by atoms with Gasteiger partial charge in [-0.05, 0) is 19.1 Å². The molecule has 7 nitrogen and oxygen atoms in total. The fourth-order valence-electron chi connectivity index (χ4n) is 3.56. The highest BCUT2D eigenvalue weighted by Gasteiger charge is 2.47. The van der Waals surface area contributed by atoms with Gasteiger partial charge in [-0.2, -0.15) is 0 Å². The molecule has 1 spiro atoms. The second-order valence-electron chi connectivity index (χ2n) is 6.68. The number of nitrogens with one attached hydrogen (secondary N) is 1. The summed E-state index contributed by atoms with van der Waals surface area (Å²) in [7, 11) is 0. The molecule has 4 rings (SSSR count). The molecule has 3 heterocycles. The van der Waals surface area contributed by atoms with Crippen LogP contribution in [0.15, 0.2) is 36.7 Å². The van der Waals surface area contributed by atoms with Crippen LogP contribution in [0.1, 0.15) is 40.5 Å².